The first-order valence-electron chi connectivity index (χ1n) is 11.5. The maximum absolute atomic E-state index is 12.1. The van der Waals surface area contributed by atoms with Crippen molar-refractivity contribution in [1.82, 2.24) is 19.5 Å². The van der Waals surface area contributed by atoms with E-state index >= 15 is 0 Å². The van der Waals surface area contributed by atoms with Crippen molar-refractivity contribution in [3.63, 3.8) is 0 Å². The minimum Gasteiger partial charge on any atom is -0.431 e. The summed E-state index contributed by atoms with van der Waals surface area (Å²) in [5.74, 6) is -0.528. The van der Waals surface area contributed by atoms with E-state index in [0.29, 0.717) is 17.0 Å². The van der Waals surface area contributed by atoms with E-state index < -0.39 is 35.9 Å². The molecule has 0 unspecified atom stereocenters. The topological polar surface area (TPSA) is 133 Å². The van der Waals surface area contributed by atoms with Crippen molar-refractivity contribution in [3.8, 4) is 6.07 Å². The Labute approximate surface area is 202 Å². The molecule has 2 aliphatic heterocycles. The van der Waals surface area contributed by atoms with Gasteiger partial charge in [0.15, 0.2) is 11.6 Å². The van der Waals surface area contributed by atoms with Crippen molar-refractivity contribution in [3.05, 3.63) is 24.2 Å². The summed E-state index contributed by atoms with van der Waals surface area (Å²) in [6, 6.07) is 5.80. The number of hydrogen-bond donors (Lipinski definition) is 0. The molecule has 2 saturated heterocycles. The highest BCUT2D eigenvalue weighted by molar-refractivity contribution is 5.71. The van der Waals surface area contributed by atoms with Crippen LogP contribution >= 0.6 is 0 Å². The number of ether oxygens (including phenoxy) is 5. The second-order valence-electron chi connectivity index (χ2n) is 9.56. The smallest absolute Gasteiger partial charge is 0.431 e. The zero-order chi connectivity index (χ0) is 24.8. The Morgan fingerprint density at radius 3 is 2.83 bits per heavy atom. The number of aromatic nitrogens is 3. The van der Waals surface area contributed by atoms with Crippen LogP contribution in [0.2, 0.25) is 0 Å². The van der Waals surface area contributed by atoms with Crippen molar-refractivity contribution in [2.45, 2.75) is 68.9 Å². The van der Waals surface area contributed by atoms with Crippen LogP contribution in [0.3, 0.4) is 0 Å². The Morgan fingerprint density at radius 2 is 2.14 bits per heavy atom. The highest BCUT2D eigenvalue weighted by atomic mass is 16.8. The van der Waals surface area contributed by atoms with E-state index in [9.17, 15) is 10.1 Å². The van der Waals surface area contributed by atoms with Gasteiger partial charge in [0, 0.05) is 14.1 Å². The number of rotatable bonds is 6. The maximum Gasteiger partial charge on any atom is 0.508 e. The van der Waals surface area contributed by atoms with E-state index in [-0.39, 0.29) is 12.7 Å². The molecular formula is C23H28N6O6. The lowest BCUT2D eigenvalue weighted by Gasteiger charge is -2.29. The van der Waals surface area contributed by atoms with E-state index in [1.807, 2.05) is 14.1 Å². The number of nitriles is 1. The fraction of sp³-hybridized carbons (Fsp3) is 0.609. The van der Waals surface area contributed by atoms with Gasteiger partial charge in [-0.3, -0.25) is 0 Å². The van der Waals surface area contributed by atoms with Gasteiger partial charge in [0.1, 0.15) is 48.9 Å². The van der Waals surface area contributed by atoms with Crippen LogP contribution in [-0.2, 0) is 29.3 Å². The van der Waals surface area contributed by atoms with Gasteiger partial charge in [-0.2, -0.15) is 10.4 Å². The average Bonchev–Trinajstić information content (AvgIpc) is 3.44. The molecule has 0 spiro atoms. The fourth-order valence-corrected chi connectivity index (χ4v) is 4.51. The highest BCUT2D eigenvalue weighted by Crippen LogP contribution is 2.49. The van der Waals surface area contributed by atoms with Gasteiger partial charge in [-0.25, -0.2) is 19.3 Å². The SMILES string of the molecule is CN(C)C=Nc1ncnn2c([C@]3(C#N)O[C@H](COC(=O)OC4CCC4)[C@H]4OC(C)(C)O[C@H]43)ccc12. The quantitative estimate of drug-likeness (QED) is 0.342. The first-order valence-corrected chi connectivity index (χ1v) is 11.5. The molecule has 5 rings (SSSR count). The summed E-state index contributed by atoms with van der Waals surface area (Å²) < 4.78 is 30.7. The molecule has 0 N–H and O–H groups in total. The molecule has 4 atom stereocenters. The molecule has 12 heteroatoms. The molecule has 1 saturated carbocycles. The van der Waals surface area contributed by atoms with E-state index in [0.717, 1.165) is 19.3 Å². The van der Waals surface area contributed by atoms with Crippen LogP contribution < -0.4 is 0 Å². The average molecular weight is 485 g/mol. The predicted octanol–water partition coefficient (Wildman–Crippen LogP) is 2.29. The van der Waals surface area contributed by atoms with Crippen molar-refractivity contribution in [2.24, 2.45) is 4.99 Å². The third-order valence-corrected chi connectivity index (χ3v) is 6.30. The molecule has 186 valence electrons. The van der Waals surface area contributed by atoms with Crippen LogP contribution in [0.1, 0.15) is 38.8 Å². The zero-order valence-electron chi connectivity index (χ0n) is 20.1. The van der Waals surface area contributed by atoms with Gasteiger partial charge < -0.3 is 28.6 Å². The molecule has 1 aliphatic carbocycles. The molecule has 35 heavy (non-hydrogen) atoms. The molecule has 12 nitrogen and oxygen atoms in total. The summed E-state index contributed by atoms with van der Waals surface area (Å²) in [7, 11) is 3.71. The Kier molecular flexibility index (Phi) is 5.86. The minimum atomic E-state index is -1.58. The summed E-state index contributed by atoms with van der Waals surface area (Å²) in [6.45, 7) is 3.39. The minimum absolute atomic E-state index is 0.0981. The van der Waals surface area contributed by atoms with Gasteiger partial charge in [-0.15, -0.1) is 0 Å². The summed E-state index contributed by atoms with van der Waals surface area (Å²) >= 11 is 0. The van der Waals surface area contributed by atoms with Gasteiger partial charge in [-0.05, 0) is 45.2 Å². The molecule has 0 radical (unpaired) electrons. The Hall–Kier alpha value is -3.27. The van der Waals surface area contributed by atoms with Crippen LogP contribution in [0.4, 0.5) is 10.6 Å². The van der Waals surface area contributed by atoms with Crippen LogP contribution in [-0.4, -0.2) is 82.9 Å². The van der Waals surface area contributed by atoms with Crippen molar-refractivity contribution in [2.75, 3.05) is 20.7 Å². The predicted molar refractivity (Wildman–Crippen MR) is 121 cm³/mol. The Bertz CT molecular complexity index is 1180. The van der Waals surface area contributed by atoms with Crippen LogP contribution in [0.5, 0.6) is 0 Å². The summed E-state index contributed by atoms with van der Waals surface area (Å²) in [4.78, 5) is 22.6. The largest absolute Gasteiger partial charge is 0.508 e. The summed E-state index contributed by atoms with van der Waals surface area (Å²) in [5, 5.41) is 14.8. The Morgan fingerprint density at radius 1 is 1.34 bits per heavy atom. The van der Waals surface area contributed by atoms with E-state index in [2.05, 4.69) is 21.1 Å². The second-order valence-corrected chi connectivity index (χ2v) is 9.56. The first kappa shape index (κ1) is 23.5. The second kappa shape index (κ2) is 8.75. The third-order valence-electron chi connectivity index (χ3n) is 6.30. The molecule has 2 aromatic rings. The monoisotopic (exact) mass is 484 g/mol. The first-order chi connectivity index (χ1) is 16.7. The van der Waals surface area contributed by atoms with Gasteiger partial charge >= 0.3 is 6.16 Å². The number of nitrogens with zero attached hydrogens (tertiary/aromatic N) is 6. The molecule has 4 heterocycles. The third kappa shape index (κ3) is 4.20. The molecule has 3 aliphatic rings. The number of carbonyl (C=O) groups excluding carboxylic acids is 1. The maximum atomic E-state index is 12.1. The summed E-state index contributed by atoms with van der Waals surface area (Å²) in [5.41, 5.74) is -0.542. The lowest BCUT2D eigenvalue weighted by Crippen LogP contribution is -2.40. The number of carbonyl (C=O) groups is 1. The van der Waals surface area contributed by atoms with E-state index in [1.54, 1.807) is 41.7 Å². The van der Waals surface area contributed by atoms with Gasteiger partial charge in [0.25, 0.3) is 0 Å². The molecule has 0 amide bonds. The van der Waals surface area contributed by atoms with Crippen molar-refractivity contribution >= 4 is 23.8 Å². The standard InChI is InChI=1S/C23H28N6O6/c1-22(2)34-18-16(10-31-21(30)32-14-6-5-7-14)33-23(11-24,19(18)35-22)17-9-8-15-20(26-13-28(3)4)25-12-27-29(15)17/h8-9,12-14,16,18-19H,5-7,10H2,1-4H3/t16-,18-,19-,23+/m1/s1. The van der Waals surface area contributed by atoms with Crippen LogP contribution in [0, 0.1) is 11.3 Å². The zero-order valence-corrected chi connectivity index (χ0v) is 20.1. The van der Waals surface area contributed by atoms with Gasteiger partial charge in [-0.1, -0.05) is 0 Å². The molecular weight excluding hydrogens is 456 g/mol. The number of aliphatic imine (C=N–C) groups is 1. The van der Waals surface area contributed by atoms with Crippen LogP contribution in [0.15, 0.2) is 23.5 Å². The highest BCUT2D eigenvalue weighted by Gasteiger charge is 2.65. The van der Waals surface area contributed by atoms with Crippen molar-refractivity contribution in [1.29, 1.82) is 5.26 Å². The van der Waals surface area contributed by atoms with E-state index in [4.69, 9.17) is 23.7 Å². The normalized spacial score (nSPS) is 29.6. The lowest BCUT2D eigenvalue weighted by atomic mass is 9.92. The van der Waals surface area contributed by atoms with Crippen LogP contribution in [0.25, 0.3) is 5.52 Å². The number of fused-ring (bicyclic) bond motifs is 2. The van der Waals surface area contributed by atoms with Gasteiger partial charge in [0.05, 0.1) is 12.0 Å². The number of hydrogen-bond acceptors (Lipinski definition) is 10. The Balaban J connectivity index is 1.46. The lowest BCUT2D eigenvalue weighted by molar-refractivity contribution is -0.205. The van der Waals surface area contributed by atoms with Gasteiger partial charge in [0.2, 0.25) is 5.60 Å². The molecule has 2 aromatic heterocycles. The fourth-order valence-electron chi connectivity index (χ4n) is 4.51. The summed E-state index contributed by atoms with van der Waals surface area (Å²) in [6.07, 6.45) is 2.65. The molecule has 0 aromatic carbocycles. The van der Waals surface area contributed by atoms with Crippen molar-refractivity contribution < 1.29 is 28.5 Å². The molecule has 0 bridgehead atoms. The molecule has 3 fully saturated rings. The van der Waals surface area contributed by atoms with E-state index in [1.165, 1.54) is 6.33 Å².